The molecule has 0 saturated heterocycles. The molecule has 3 rings (SSSR count). The number of amides is 1. The highest BCUT2D eigenvalue weighted by Gasteiger charge is 2.17. The van der Waals surface area contributed by atoms with Crippen LogP contribution in [0.3, 0.4) is 0 Å². The Balaban J connectivity index is 1.79. The third kappa shape index (κ3) is 3.10. The Morgan fingerprint density at radius 2 is 2.09 bits per heavy atom. The largest absolute Gasteiger partial charge is 0.304 e. The smallest absolute Gasteiger partial charge is 0.277 e. The van der Waals surface area contributed by atoms with E-state index in [1.54, 1.807) is 6.20 Å². The summed E-state index contributed by atoms with van der Waals surface area (Å²) in [6.45, 7) is 6.24. The minimum Gasteiger partial charge on any atom is -0.304 e. The highest BCUT2D eigenvalue weighted by Crippen LogP contribution is 2.28. The van der Waals surface area contributed by atoms with Gasteiger partial charge in [0.1, 0.15) is 16.3 Å². The number of imidazole rings is 1. The summed E-state index contributed by atoms with van der Waals surface area (Å²) in [5.41, 5.74) is 2.16. The molecule has 6 nitrogen and oxygen atoms in total. The van der Waals surface area contributed by atoms with E-state index in [-0.39, 0.29) is 5.91 Å². The van der Waals surface area contributed by atoms with Gasteiger partial charge in [0, 0.05) is 17.8 Å². The summed E-state index contributed by atoms with van der Waals surface area (Å²) >= 11 is 1.43. The first-order chi connectivity index (χ1) is 11.1. The molecule has 3 aromatic rings. The molecule has 0 aliphatic rings. The summed E-state index contributed by atoms with van der Waals surface area (Å²) in [7, 11) is 0. The van der Waals surface area contributed by atoms with Gasteiger partial charge in [0.15, 0.2) is 0 Å². The Morgan fingerprint density at radius 3 is 2.78 bits per heavy atom. The maximum Gasteiger partial charge on any atom is 0.277 e. The Bertz CT molecular complexity index is 834. The van der Waals surface area contributed by atoms with Crippen molar-refractivity contribution in [2.45, 2.75) is 39.5 Å². The van der Waals surface area contributed by atoms with E-state index in [1.165, 1.54) is 11.3 Å². The van der Waals surface area contributed by atoms with Crippen LogP contribution in [0.5, 0.6) is 0 Å². The van der Waals surface area contributed by atoms with Gasteiger partial charge >= 0.3 is 0 Å². The van der Waals surface area contributed by atoms with Gasteiger partial charge < -0.3 is 4.40 Å². The van der Waals surface area contributed by atoms with E-state index in [0.717, 1.165) is 29.2 Å². The first-order valence-electron chi connectivity index (χ1n) is 7.71. The van der Waals surface area contributed by atoms with Crippen LogP contribution in [0.4, 0.5) is 5.13 Å². The van der Waals surface area contributed by atoms with E-state index < -0.39 is 0 Å². The molecule has 0 aliphatic carbocycles. The third-order valence-corrected chi connectivity index (χ3v) is 4.93. The van der Waals surface area contributed by atoms with Crippen molar-refractivity contribution in [2.75, 3.05) is 5.32 Å². The summed E-state index contributed by atoms with van der Waals surface area (Å²) < 4.78 is 1.89. The molecule has 0 aliphatic heterocycles. The number of aryl methyl sites for hydroxylation is 1. The second-order valence-corrected chi connectivity index (χ2v) is 6.44. The van der Waals surface area contributed by atoms with Gasteiger partial charge in [0.05, 0.1) is 0 Å². The number of rotatable bonds is 5. The average molecular weight is 329 g/mol. The van der Waals surface area contributed by atoms with Crippen molar-refractivity contribution < 1.29 is 4.79 Å². The minimum atomic E-state index is -0.264. The Labute approximate surface area is 138 Å². The van der Waals surface area contributed by atoms with Crippen LogP contribution >= 0.6 is 11.3 Å². The van der Waals surface area contributed by atoms with Crippen molar-refractivity contribution in [3.05, 3.63) is 40.8 Å². The SMILES string of the molecule is CCC(CC)c1nnc(NC(=O)c2cn3c(C)cccc3n2)s1. The fraction of sp³-hybridized carbons (Fsp3) is 0.375. The number of nitrogens with zero attached hydrogens (tertiary/aromatic N) is 4. The molecule has 0 fully saturated rings. The van der Waals surface area contributed by atoms with E-state index >= 15 is 0 Å². The Morgan fingerprint density at radius 1 is 1.30 bits per heavy atom. The van der Waals surface area contributed by atoms with Crippen LogP contribution in [0.2, 0.25) is 0 Å². The molecule has 3 heterocycles. The molecule has 0 bridgehead atoms. The summed E-state index contributed by atoms with van der Waals surface area (Å²) in [6.07, 6.45) is 3.78. The zero-order valence-corrected chi connectivity index (χ0v) is 14.2. The fourth-order valence-corrected chi connectivity index (χ4v) is 3.51. The second-order valence-electron chi connectivity index (χ2n) is 5.43. The van der Waals surface area contributed by atoms with Gasteiger partial charge in [-0.1, -0.05) is 31.3 Å². The van der Waals surface area contributed by atoms with Gasteiger partial charge in [0.25, 0.3) is 5.91 Å². The normalized spacial score (nSPS) is 11.3. The molecule has 0 aromatic carbocycles. The molecular formula is C16H19N5OS. The number of aromatic nitrogens is 4. The molecule has 1 N–H and O–H groups in total. The monoisotopic (exact) mass is 329 g/mol. The second kappa shape index (κ2) is 6.45. The Hall–Kier alpha value is -2.28. The summed E-state index contributed by atoms with van der Waals surface area (Å²) in [4.78, 5) is 16.7. The van der Waals surface area contributed by atoms with Crippen LogP contribution < -0.4 is 5.32 Å². The molecule has 23 heavy (non-hydrogen) atoms. The van der Waals surface area contributed by atoms with Gasteiger partial charge in [0.2, 0.25) is 5.13 Å². The van der Waals surface area contributed by atoms with Crippen LogP contribution in [-0.2, 0) is 0 Å². The number of hydrogen-bond acceptors (Lipinski definition) is 5. The van der Waals surface area contributed by atoms with Crippen molar-refractivity contribution in [1.29, 1.82) is 0 Å². The number of carbonyl (C=O) groups excluding carboxylic acids is 1. The van der Waals surface area contributed by atoms with Crippen molar-refractivity contribution >= 4 is 28.0 Å². The molecule has 0 atom stereocenters. The minimum absolute atomic E-state index is 0.264. The molecule has 7 heteroatoms. The zero-order valence-electron chi connectivity index (χ0n) is 13.4. The van der Waals surface area contributed by atoms with E-state index in [4.69, 9.17) is 0 Å². The van der Waals surface area contributed by atoms with E-state index in [2.05, 4.69) is 34.3 Å². The average Bonchev–Trinajstić information content (AvgIpc) is 3.16. The number of anilines is 1. The van der Waals surface area contributed by atoms with Crippen molar-refractivity contribution in [3.63, 3.8) is 0 Å². The van der Waals surface area contributed by atoms with Gasteiger partial charge in [-0.2, -0.15) is 0 Å². The molecule has 1 amide bonds. The summed E-state index contributed by atoms with van der Waals surface area (Å²) in [5.74, 6) is 0.136. The van der Waals surface area contributed by atoms with Gasteiger partial charge in [-0.05, 0) is 31.9 Å². The van der Waals surface area contributed by atoms with Crippen molar-refractivity contribution in [1.82, 2.24) is 19.6 Å². The topological polar surface area (TPSA) is 72.2 Å². The lowest BCUT2D eigenvalue weighted by molar-refractivity contribution is 0.102. The molecule has 0 spiro atoms. The van der Waals surface area contributed by atoms with Crippen molar-refractivity contribution in [2.24, 2.45) is 0 Å². The third-order valence-electron chi connectivity index (χ3n) is 3.92. The molecule has 0 saturated carbocycles. The highest BCUT2D eigenvalue weighted by atomic mass is 32.1. The van der Waals surface area contributed by atoms with E-state index in [1.807, 2.05) is 29.5 Å². The van der Waals surface area contributed by atoms with Crippen LogP contribution in [0, 0.1) is 6.92 Å². The lowest BCUT2D eigenvalue weighted by atomic mass is 10.1. The van der Waals surface area contributed by atoms with Crippen molar-refractivity contribution in [3.8, 4) is 0 Å². The maximum atomic E-state index is 12.4. The number of hydrogen-bond donors (Lipinski definition) is 1. The predicted molar refractivity (Wildman–Crippen MR) is 91.1 cm³/mol. The number of fused-ring (bicyclic) bond motifs is 1. The number of nitrogens with one attached hydrogen (secondary N) is 1. The standard InChI is InChI=1S/C16H19N5OS/c1-4-11(5-2)15-19-20-16(23-15)18-14(22)12-9-21-10(3)7-6-8-13(21)17-12/h6-9,11H,4-5H2,1-3H3,(H,18,20,22). The van der Waals surface area contributed by atoms with Gasteiger partial charge in [-0.25, -0.2) is 4.98 Å². The predicted octanol–water partition coefficient (Wildman–Crippen LogP) is 3.65. The summed E-state index contributed by atoms with van der Waals surface area (Å²) in [6, 6.07) is 5.77. The highest BCUT2D eigenvalue weighted by molar-refractivity contribution is 7.15. The van der Waals surface area contributed by atoms with E-state index in [0.29, 0.717) is 16.7 Å². The molecule has 3 aromatic heterocycles. The first kappa shape index (κ1) is 15.6. The lowest BCUT2D eigenvalue weighted by Crippen LogP contribution is -2.12. The first-order valence-corrected chi connectivity index (χ1v) is 8.53. The fourth-order valence-electron chi connectivity index (χ4n) is 2.51. The van der Waals surface area contributed by atoms with E-state index in [9.17, 15) is 4.79 Å². The van der Waals surface area contributed by atoms with Crippen LogP contribution in [0.15, 0.2) is 24.4 Å². The summed E-state index contributed by atoms with van der Waals surface area (Å²) in [5, 5.41) is 12.5. The molecule has 0 radical (unpaired) electrons. The molecule has 0 unspecified atom stereocenters. The van der Waals surface area contributed by atoms with Crippen LogP contribution in [0.25, 0.3) is 5.65 Å². The van der Waals surface area contributed by atoms with Gasteiger partial charge in [-0.3, -0.25) is 10.1 Å². The molecule has 120 valence electrons. The van der Waals surface area contributed by atoms with Crippen LogP contribution in [0.1, 0.15) is 53.8 Å². The van der Waals surface area contributed by atoms with Crippen LogP contribution in [-0.4, -0.2) is 25.5 Å². The Kier molecular flexibility index (Phi) is 4.38. The maximum absolute atomic E-state index is 12.4. The van der Waals surface area contributed by atoms with Gasteiger partial charge in [-0.15, -0.1) is 10.2 Å². The lowest BCUT2D eigenvalue weighted by Gasteiger charge is -2.05. The molecular weight excluding hydrogens is 310 g/mol. The number of carbonyl (C=O) groups is 1. The zero-order chi connectivity index (χ0) is 16.4. The quantitative estimate of drug-likeness (QED) is 0.775. The number of pyridine rings is 1.